The predicted molar refractivity (Wildman–Crippen MR) is 88.5 cm³/mol. The van der Waals surface area contributed by atoms with Gasteiger partial charge in [0.1, 0.15) is 5.75 Å². The number of benzene rings is 2. The van der Waals surface area contributed by atoms with Crippen LogP contribution in [0.25, 0.3) is 0 Å². The Kier molecular flexibility index (Phi) is 5.72. The Morgan fingerprint density at radius 2 is 2.00 bits per heavy atom. The Labute approximate surface area is 130 Å². The molecule has 0 aliphatic carbocycles. The average molecular weight is 296 g/mol. The molecule has 0 aromatic heterocycles. The van der Waals surface area contributed by atoms with Gasteiger partial charge in [0.25, 0.3) is 5.91 Å². The smallest absolute Gasteiger partial charge is 0.271 e. The van der Waals surface area contributed by atoms with E-state index in [1.54, 1.807) is 18.3 Å². The number of carbonyl (C=O) groups excluding carboxylic acids is 1. The molecule has 0 saturated heterocycles. The Morgan fingerprint density at radius 3 is 2.73 bits per heavy atom. The van der Waals surface area contributed by atoms with Crippen molar-refractivity contribution in [1.29, 1.82) is 0 Å². The van der Waals surface area contributed by atoms with Crippen molar-refractivity contribution >= 4 is 12.1 Å². The lowest BCUT2D eigenvalue weighted by molar-refractivity contribution is 0.0955. The molecule has 0 heterocycles. The van der Waals surface area contributed by atoms with Gasteiger partial charge in [0.05, 0.1) is 12.8 Å². The maximum atomic E-state index is 11.9. The molecule has 22 heavy (non-hydrogen) atoms. The van der Waals surface area contributed by atoms with Crippen LogP contribution >= 0.6 is 0 Å². The molecule has 0 atom stereocenters. The normalized spacial score (nSPS) is 10.6. The van der Waals surface area contributed by atoms with Crippen molar-refractivity contribution in [3.05, 3.63) is 65.2 Å². The molecule has 2 rings (SSSR count). The standard InChI is InChI=1S/C18H20N2O2/c1-3-11-22-17-6-4-5-15(12-17)13-19-20-18(21)16-9-7-14(2)8-10-16/h4-10,12-13H,3,11H2,1-2H3,(H,20,21)/b19-13-. The van der Waals surface area contributed by atoms with Crippen molar-refractivity contribution < 1.29 is 9.53 Å². The highest BCUT2D eigenvalue weighted by molar-refractivity contribution is 5.94. The first kappa shape index (κ1) is 15.8. The van der Waals surface area contributed by atoms with E-state index in [1.165, 1.54) is 0 Å². The van der Waals surface area contributed by atoms with Crippen LogP contribution in [-0.2, 0) is 0 Å². The molecule has 2 aromatic rings. The molecule has 4 heteroatoms. The van der Waals surface area contributed by atoms with Crippen LogP contribution in [0.4, 0.5) is 0 Å². The van der Waals surface area contributed by atoms with Crippen molar-refractivity contribution in [2.45, 2.75) is 20.3 Å². The van der Waals surface area contributed by atoms with Crippen LogP contribution in [-0.4, -0.2) is 18.7 Å². The minimum Gasteiger partial charge on any atom is -0.494 e. The summed E-state index contributed by atoms with van der Waals surface area (Å²) in [7, 11) is 0. The van der Waals surface area contributed by atoms with E-state index in [1.807, 2.05) is 43.3 Å². The zero-order valence-corrected chi connectivity index (χ0v) is 12.9. The van der Waals surface area contributed by atoms with Crippen LogP contribution < -0.4 is 10.2 Å². The molecule has 0 radical (unpaired) electrons. The number of hydrogen-bond donors (Lipinski definition) is 1. The van der Waals surface area contributed by atoms with Gasteiger partial charge in [0.2, 0.25) is 0 Å². The van der Waals surface area contributed by atoms with Crippen LogP contribution in [0.1, 0.15) is 34.8 Å². The van der Waals surface area contributed by atoms with Crippen LogP contribution in [0.3, 0.4) is 0 Å². The monoisotopic (exact) mass is 296 g/mol. The summed E-state index contributed by atoms with van der Waals surface area (Å²) in [5.41, 5.74) is 5.09. The first-order valence-corrected chi connectivity index (χ1v) is 7.32. The summed E-state index contributed by atoms with van der Waals surface area (Å²) in [5.74, 6) is 0.574. The maximum Gasteiger partial charge on any atom is 0.271 e. The van der Waals surface area contributed by atoms with Crippen molar-refractivity contribution in [2.24, 2.45) is 5.10 Å². The first-order valence-electron chi connectivity index (χ1n) is 7.32. The number of carbonyl (C=O) groups is 1. The lowest BCUT2D eigenvalue weighted by Crippen LogP contribution is -2.17. The van der Waals surface area contributed by atoms with Crippen LogP contribution in [0.5, 0.6) is 5.75 Å². The molecule has 1 amide bonds. The molecule has 0 saturated carbocycles. The zero-order chi connectivity index (χ0) is 15.8. The minimum atomic E-state index is -0.227. The number of aryl methyl sites for hydroxylation is 1. The highest BCUT2D eigenvalue weighted by atomic mass is 16.5. The van der Waals surface area contributed by atoms with E-state index in [9.17, 15) is 4.79 Å². The largest absolute Gasteiger partial charge is 0.494 e. The summed E-state index contributed by atoms with van der Waals surface area (Å²) in [6, 6.07) is 14.9. The number of ether oxygens (including phenoxy) is 1. The Hall–Kier alpha value is -2.62. The maximum absolute atomic E-state index is 11.9. The van der Waals surface area contributed by atoms with Gasteiger partial charge in [0, 0.05) is 5.56 Å². The van der Waals surface area contributed by atoms with Crippen molar-refractivity contribution in [2.75, 3.05) is 6.61 Å². The fourth-order valence-corrected chi connectivity index (χ4v) is 1.84. The third kappa shape index (κ3) is 4.74. The number of nitrogens with one attached hydrogen (secondary N) is 1. The second-order valence-electron chi connectivity index (χ2n) is 4.99. The summed E-state index contributed by atoms with van der Waals surface area (Å²) >= 11 is 0. The quantitative estimate of drug-likeness (QED) is 0.654. The lowest BCUT2D eigenvalue weighted by atomic mass is 10.1. The Balaban J connectivity index is 1.94. The van der Waals surface area contributed by atoms with E-state index in [0.717, 1.165) is 23.3 Å². The fourth-order valence-electron chi connectivity index (χ4n) is 1.84. The second-order valence-corrected chi connectivity index (χ2v) is 4.99. The molecule has 0 bridgehead atoms. The Bertz CT molecular complexity index is 648. The Morgan fingerprint density at radius 1 is 1.23 bits per heavy atom. The molecule has 0 unspecified atom stereocenters. The fraction of sp³-hybridized carbons (Fsp3) is 0.222. The van der Waals surface area contributed by atoms with E-state index < -0.39 is 0 Å². The SMILES string of the molecule is CCCOc1cccc(/C=N\NC(=O)c2ccc(C)cc2)c1. The van der Waals surface area contributed by atoms with Crippen molar-refractivity contribution in [3.8, 4) is 5.75 Å². The van der Waals surface area contributed by atoms with E-state index >= 15 is 0 Å². The summed E-state index contributed by atoms with van der Waals surface area (Å²) in [6.07, 6.45) is 2.57. The first-order chi connectivity index (χ1) is 10.7. The molecule has 0 aliphatic rings. The molecular weight excluding hydrogens is 276 g/mol. The van der Waals surface area contributed by atoms with Gasteiger partial charge in [-0.2, -0.15) is 5.10 Å². The van der Waals surface area contributed by atoms with Crippen molar-refractivity contribution in [1.82, 2.24) is 5.43 Å². The summed E-state index contributed by atoms with van der Waals surface area (Å²) in [4.78, 5) is 11.9. The van der Waals surface area contributed by atoms with E-state index in [0.29, 0.717) is 12.2 Å². The number of hydrazone groups is 1. The third-order valence-electron chi connectivity index (χ3n) is 3.02. The van der Waals surface area contributed by atoms with E-state index in [-0.39, 0.29) is 5.91 Å². The van der Waals surface area contributed by atoms with E-state index in [4.69, 9.17) is 4.74 Å². The topological polar surface area (TPSA) is 50.7 Å². The van der Waals surface area contributed by atoms with Gasteiger partial charge < -0.3 is 4.74 Å². The van der Waals surface area contributed by atoms with E-state index in [2.05, 4.69) is 17.5 Å². The number of hydrogen-bond acceptors (Lipinski definition) is 3. The van der Waals surface area contributed by atoms with Gasteiger partial charge in [-0.15, -0.1) is 0 Å². The highest BCUT2D eigenvalue weighted by Crippen LogP contribution is 2.12. The van der Waals surface area contributed by atoms with Gasteiger partial charge in [-0.3, -0.25) is 4.79 Å². The van der Waals surface area contributed by atoms with Crippen LogP contribution in [0.15, 0.2) is 53.6 Å². The molecule has 4 nitrogen and oxygen atoms in total. The highest BCUT2D eigenvalue weighted by Gasteiger charge is 2.02. The van der Waals surface area contributed by atoms with Crippen LogP contribution in [0, 0.1) is 6.92 Å². The van der Waals surface area contributed by atoms with Crippen LogP contribution in [0.2, 0.25) is 0 Å². The molecule has 0 spiro atoms. The van der Waals surface area contributed by atoms with Gasteiger partial charge in [-0.25, -0.2) is 5.43 Å². The summed E-state index contributed by atoms with van der Waals surface area (Å²) in [5, 5.41) is 3.98. The van der Waals surface area contributed by atoms with Crippen molar-refractivity contribution in [3.63, 3.8) is 0 Å². The molecular formula is C18H20N2O2. The number of amides is 1. The molecule has 1 N–H and O–H groups in total. The predicted octanol–water partition coefficient (Wildman–Crippen LogP) is 3.55. The second kappa shape index (κ2) is 7.98. The summed E-state index contributed by atoms with van der Waals surface area (Å²) < 4.78 is 5.55. The van der Waals surface area contributed by atoms with Gasteiger partial charge >= 0.3 is 0 Å². The van der Waals surface area contributed by atoms with Gasteiger partial charge in [0.15, 0.2) is 0 Å². The molecule has 2 aromatic carbocycles. The molecule has 114 valence electrons. The third-order valence-corrected chi connectivity index (χ3v) is 3.02. The molecule has 0 aliphatic heterocycles. The van der Waals surface area contributed by atoms with Gasteiger partial charge in [-0.1, -0.05) is 36.8 Å². The molecule has 0 fully saturated rings. The van der Waals surface area contributed by atoms with Gasteiger partial charge in [-0.05, 0) is 43.2 Å². The number of rotatable bonds is 6. The zero-order valence-electron chi connectivity index (χ0n) is 12.9. The summed E-state index contributed by atoms with van der Waals surface area (Å²) in [6.45, 7) is 4.73. The average Bonchev–Trinajstić information content (AvgIpc) is 2.54. The number of nitrogens with zero attached hydrogens (tertiary/aromatic N) is 1. The lowest BCUT2D eigenvalue weighted by Gasteiger charge is -2.04. The minimum absolute atomic E-state index is 0.227.